The topological polar surface area (TPSA) is 43.8 Å². The molecule has 1 fully saturated rings. The maximum absolute atomic E-state index is 11.6. The van der Waals surface area contributed by atoms with E-state index in [1.165, 1.54) is 6.92 Å². The third-order valence-electron chi connectivity index (χ3n) is 2.63. The van der Waals surface area contributed by atoms with Crippen LogP contribution in [0.3, 0.4) is 0 Å². The molecule has 0 saturated carbocycles. The van der Waals surface area contributed by atoms with Gasteiger partial charge in [0.15, 0.2) is 0 Å². The first-order chi connectivity index (χ1) is 6.56. The van der Waals surface area contributed by atoms with E-state index in [2.05, 4.69) is 21.0 Å². The summed E-state index contributed by atoms with van der Waals surface area (Å²) in [4.78, 5) is 13.4. The summed E-state index contributed by atoms with van der Waals surface area (Å²) in [6.07, 6.45) is 0.0590. The van der Waals surface area contributed by atoms with Crippen molar-refractivity contribution in [2.45, 2.75) is 32.4 Å². The predicted octanol–water partition coefficient (Wildman–Crippen LogP) is 0.0801. The van der Waals surface area contributed by atoms with Crippen LogP contribution >= 0.6 is 9.39 Å². The third kappa shape index (κ3) is 2.66. The van der Waals surface area contributed by atoms with Crippen LogP contribution in [0.15, 0.2) is 0 Å². The molecule has 1 N–H and O–H groups in total. The first kappa shape index (κ1) is 11.9. The number of carbonyl (C=O) groups is 1. The lowest BCUT2D eigenvalue weighted by Gasteiger charge is -2.40. The van der Waals surface area contributed by atoms with E-state index < -0.39 is 6.10 Å². The second-order valence-corrected chi connectivity index (χ2v) is 4.49. The lowest BCUT2D eigenvalue weighted by molar-refractivity contribution is -0.143. The Labute approximate surface area is 87.5 Å². The van der Waals surface area contributed by atoms with Crippen LogP contribution in [0, 0.1) is 0 Å². The summed E-state index contributed by atoms with van der Waals surface area (Å²) in [6, 6.07) is 0.239. The molecule has 1 aliphatic rings. The zero-order chi connectivity index (χ0) is 10.7. The normalized spacial score (nSPS) is 26.3. The standard InChI is InChI=1S/C9H19N2O2P/c1-3-8-6-10(14)4-5-11(8)9(13)7(2)12/h7-8,12H,3-6,14H2,1-2H3/t7-,8+/m0/s1. The summed E-state index contributed by atoms with van der Waals surface area (Å²) in [6.45, 7) is 6.05. The van der Waals surface area contributed by atoms with Crippen molar-refractivity contribution < 1.29 is 9.90 Å². The number of carbonyl (C=O) groups excluding carboxylic acids is 1. The Morgan fingerprint density at radius 2 is 2.29 bits per heavy atom. The predicted molar refractivity (Wildman–Crippen MR) is 58.8 cm³/mol. The molecule has 1 aliphatic heterocycles. The number of hydrogen-bond donors (Lipinski definition) is 1. The first-order valence-corrected chi connectivity index (χ1v) is 5.56. The van der Waals surface area contributed by atoms with Gasteiger partial charge < -0.3 is 10.0 Å². The molecule has 82 valence electrons. The molecular weight excluding hydrogens is 199 g/mol. The highest BCUT2D eigenvalue weighted by Crippen LogP contribution is 2.16. The minimum absolute atomic E-state index is 0.144. The number of nitrogens with zero attached hydrogens (tertiary/aromatic N) is 2. The SMILES string of the molecule is CC[C@@H]1CN(P)CCN1C(=O)[C@H](C)O. The zero-order valence-electron chi connectivity index (χ0n) is 8.81. The lowest BCUT2D eigenvalue weighted by Crippen LogP contribution is -2.54. The fourth-order valence-corrected chi connectivity index (χ4v) is 2.12. The van der Waals surface area contributed by atoms with Gasteiger partial charge in [0.25, 0.3) is 5.91 Å². The molecule has 1 heterocycles. The van der Waals surface area contributed by atoms with E-state index in [0.717, 1.165) is 19.5 Å². The van der Waals surface area contributed by atoms with Crippen LogP contribution in [-0.4, -0.2) is 52.4 Å². The number of piperazine rings is 1. The summed E-state index contributed by atoms with van der Waals surface area (Å²) >= 11 is 0. The molecular formula is C9H19N2O2P. The molecule has 0 spiro atoms. The molecule has 4 nitrogen and oxygen atoms in total. The van der Waals surface area contributed by atoms with Crippen LogP contribution in [0.1, 0.15) is 20.3 Å². The van der Waals surface area contributed by atoms with E-state index in [1.807, 2.05) is 0 Å². The van der Waals surface area contributed by atoms with Crippen LogP contribution in [0.2, 0.25) is 0 Å². The van der Waals surface area contributed by atoms with Crippen molar-refractivity contribution >= 4 is 15.3 Å². The van der Waals surface area contributed by atoms with Crippen molar-refractivity contribution in [1.29, 1.82) is 0 Å². The molecule has 0 bridgehead atoms. The molecule has 0 aliphatic carbocycles. The third-order valence-corrected chi connectivity index (χ3v) is 3.09. The smallest absolute Gasteiger partial charge is 0.251 e. The van der Waals surface area contributed by atoms with Crippen molar-refractivity contribution in [1.82, 2.24) is 9.57 Å². The Bertz CT molecular complexity index is 211. The van der Waals surface area contributed by atoms with Gasteiger partial charge in [0.1, 0.15) is 6.10 Å². The van der Waals surface area contributed by atoms with E-state index in [9.17, 15) is 9.90 Å². The molecule has 14 heavy (non-hydrogen) atoms. The minimum atomic E-state index is -0.875. The summed E-state index contributed by atoms with van der Waals surface area (Å²) in [5.41, 5.74) is 0. The van der Waals surface area contributed by atoms with Crippen LogP contribution in [0.5, 0.6) is 0 Å². The monoisotopic (exact) mass is 218 g/mol. The van der Waals surface area contributed by atoms with Crippen LogP contribution in [0.4, 0.5) is 0 Å². The Morgan fingerprint density at radius 3 is 2.79 bits per heavy atom. The average Bonchev–Trinajstić information content (AvgIpc) is 2.16. The molecule has 3 atom stereocenters. The molecule has 0 radical (unpaired) electrons. The largest absolute Gasteiger partial charge is 0.384 e. The average molecular weight is 218 g/mol. The Balaban J connectivity index is 2.63. The summed E-state index contributed by atoms with van der Waals surface area (Å²) in [5, 5.41) is 9.24. The van der Waals surface area contributed by atoms with Gasteiger partial charge in [0.2, 0.25) is 0 Å². The van der Waals surface area contributed by atoms with Crippen molar-refractivity contribution in [2.24, 2.45) is 0 Å². The highest BCUT2D eigenvalue weighted by atomic mass is 31.0. The number of aliphatic hydroxyl groups excluding tert-OH is 1. The van der Waals surface area contributed by atoms with Gasteiger partial charge >= 0.3 is 0 Å². The highest BCUT2D eigenvalue weighted by Gasteiger charge is 2.29. The zero-order valence-corrected chi connectivity index (χ0v) is 9.97. The number of rotatable bonds is 2. The fourth-order valence-electron chi connectivity index (χ4n) is 1.76. The molecule has 0 aromatic carbocycles. The summed E-state index contributed by atoms with van der Waals surface area (Å²) in [5.74, 6) is -0.144. The number of amides is 1. The molecule has 1 rings (SSSR count). The van der Waals surface area contributed by atoms with Gasteiger partial charge in [0, 0.05) is 25.7 Å². The van der Waals surface area contributed by atoms with E-state index in [0.29, 0.717) is 6.54 Å². The van der Waals surface area contributed by atoms with Gasteiger partial charge in [0.05, 0.1) is 0 Å². The van der Waals surface area contributed by atoms with Crippen molar-refractivity contribution in [3.05, 3.63) is 0 Å². The Kier molecular flexibility index (Phi) is 4.30. The maximum Gasteiger partial charge on any atom is 0.251 e. The van der Waals surface area contributed by atoms with Crippen molar-refractivity contribution in [2.75, 3.05) is 19.6 Å². The molecule has 1 saturated heterocycles. The summed E-state index contributed by atoms with van der Waals surface area (Å²) in [7, 11) is 2.66. The summed E-state index contributed by atoms with van der Waals surface area (Å²) < 4.78 is 2.14. The van der Waals surface area contributed by atoms with E-state index >= 15 is 0 Å². The fraction of sp³-hybridized carbons (Fsp3) is 0.889. The second-order valence-electron chi connectivity index (χ2n) is 3.76. The van der Waals surface area contributed by atoms with Gasteiger partial charge in [-0.2, -0.15) is 0 Å². The van der Waals surface area contributed by atoms with E-state index in [1.54, 1.807) is 4.90 Å². The van der Waals surface area contributed by atoms with Crippen molar-refractivity contribution in [3.8, 4) is 0 Å². The van der Waals surface area contributed by atoms with Gasteiger partial charge in [-0.15, -0.1) is 0 Å². The second kappa shape index (κ2) is 5.06. The van der Waals surface area contributed by atoms with Crippen molar-refractivity contribution in [3.63, 3.8) is 0 Å². The molecule has 0 aromatic heterocycles. The number of hydrogen-bond acceptors (Lipinski definition) is 3. The van der Waals surface area contributed by atoms with Crippen LogP contribution in [0.25, 0.3) is 0 Å². The van der Waals surface area contributed by atoms with Crippen LogP contribution in [-0.2, 0) is 4.79 Å². The van der Waals surface area contributed by atoms with Gasteiger partial charge in [-0.25, -0.2) is 0 Å². The van der Waals surface area contributed by atoms with Gasteiger partial charge in [-0.1, -0.05) is 16.3 Å². The highest BCUT2D eigenvalue weighted by molar-refractivity contribution is 7.13. The lowest BCUT2D eigenvalue weighted by atomic mass is 10.1. The molecule has 1 amide bonds. The molecule has 1 unspecified atom stereocenters. The van der Waals surface area contributed by atoms with E-state index in [4.69, 9.17) is 0 Å². The Morgan fingerprint density at radius 1 is 1.64 bits per heavy atom. The first-order valence-electron chi connectivity index (χ1n) is 5.04. The Hall–Kier alpha value is -0.180. The van der Waals surface area contributed by atoms with Crippen LogP contribution < -0.4 is 0 Å². The minimum Gasteiger partial charge on any atom is -0.384 e. The number of aliphatic hydroxyl groups is 1. The molecule has 0 aromatic rings. The maximum atomic E-state index is 11.6. The van der Waals surface area contributed by atoms with Gasteiger partial charge in [-0.05, 0) is 13.3 Å². The molecule has 5 heteroatoms. The van der Waals surface area contributed by atoms with Gasteiger partial charge in [-0.3, -0.25) is 9.46 Å². The van der Waals surface area contributed by atoms with E-state index in [-0.39, 0.29) is 11.9 Å². The quantitative estimate of drug-likeness (QED) is 0.667.